The van der Waals surface area contributed by atoms with Gasteiger partial charge in [0.05, 0.1) is 18.7 Å². The smallest absolute Gasteiger partial charge is 0.308 e. The Morgan fingerprint density at radius 2 is 2.04 bits per heavy atom. The van der Waals surface area contributed by atoms with Crippen LogP contribution in [0.2, 0.25) is 5.02 Å². The molecule has 0 bridgehead atoms. The molecule has 0 fully saturated rings. The molecule has 0 saturated heterocycles. The Balaban J connectivity index is 1.97. The number of esters is 1. The maximum absolute atomic E-state index is 12.7. The summed E-state index contributed by atoms with van der Waals surface area (Å²) in [6.07, 6.45) is -0.0936. The summed E-state index contributed by atoms with van der Waals surface area (Å²) in [6.45, 7) is 6.23. The van der Waals surface area contributed by atoms with Crippen molar-refractivity contribution in [2.45, 2.75) is 33.2 Å². The highest BCUT2D eigenvalue weighted by molar-refractivity contribution is 7.15. The first-order valence-corrected chi connectivity index (χ1v) is 9.99. The number of aliphatic imine (C=N–C) groups is 1. The van der Waals surface area contributed by atoms with Gasteiger partial charge in [-0.2, -0.15) is 0 Å². The van der Waals surface area contributed by atoms with Crippen molar-refractivity contribution in [2.24, 2.45) is 10.9 Å². The van der Waals surface area contributed by atoms with Gasteiger partial charge in [0.15, 0.2) is 0 Å². The van der Waals surface area contributed by atoms with E-state index in [-0.39, 0.29) is 18.2 Å². The molecule has 1 aliphatic heterocycles. The summed E-state index contributed by atoms with van der Waals surface area (Å²) in [4.78, 5) is 29.5. The van der Waals surface area contributed by atoms with Crippen LogP contribution in [0.15, 0.2) is 34.6 Å². The average Bonchev–Trinajstić information content (AvgIpc) is 2.90. The molecular formula is C20H21ClN2O3S. The molecule has 0 unspecified atom stereocenters. The zero-order valence-electron chi connectivity index (χ0n) is 15.4. The lowest BCUT2D eigenvalue weighted by Crippen LogP contribution is -2.29. The number of hydrogen-bond donors (Lipinski definition) is 1. The highest BCUT2D eigenvalue weighted by Crippen LogP contribution is 2.33. The van der Waals surface area contributed by atoms with E-state index in [1.54, 1.807) is 12.1 Å². The van der Waals surface area contributed by atoms with Crippen LogP contribution in [0.1, 0.15) is 37.0 Å². The van der Waals surface area contributed by atoms with Gasteiger partial charge in [0.2, 0.25) is 5.91 Å². The highest BCUT2D eigenvalue weighted by Gasteiger charge is 2.30. The van der Waals surface area contributed by atoms with Gasteiger partial charge in [-0.25, -0.2) is 0 Å². The van der Waals surface area contributed by atoms with Crippen LogP contribution in [-0.4, -0.2) is 30.2 Å². The fraction of sp³-hybridized carbons (Fsp3) is 0.350. The van der Waals surface area contributed by atoms with E-state index in [2.05, 4.69) is 10.3 Å². The minimum absolute atomic E-state index is 0.0936. The number of rotatable bonds is 5. The van der Waals surface area contributed by atoms with Crippen molar-refractivity contribution in [3.8, 4) is 0 Å². The van der Waals surface area contributed by atoms with Gasteiger partial charge in [0.25, 0.3) is 0 Å². The van der Waals surface area contributed by atoms with Gasteiger partial charge in [-0.1, -0.05) is 37.6 Å². The second-order valence-electron chi connectivity index (χ2n) is 6.89. The molecule has 1 N–H and O–H groups in total. The first-order chi connectivity index (χ1) is 12.8. The van der Waals surface area contributed by atoms with E-state index in [9.17, 15) is 9.59 Å². The van der Waals surface area contributed by atoms with Gasteiger partial charge in [0.1, 0.15) is 11.0 Å². The van der Waals surface area contributed by atoms with E-state index in [1.165, 1.54) is 11.3 Å². The van der Waals surface area contributed by atoms with Gasteiger partial charge in [-0.05, 0) is 35.9 Å². The first-order valence-electron chi connectivity index (χ1n) is 8.74. The molecule has 3 rings (SSSR count). The number of anilines is 1. The molecule has 27 heavy (non-hydrogen) atoms. The summed E-state index contributed by atoms with van der Waals surface area (Å²) in [5.41, 5.74) is 3.43. The van der Waals surface area contributed by atoms with Crippen molar-refractivity contribution in [1.29, 1.82) is 0 Å². The number of benzene rings is 1. The number of nitrogens with zero attached hydrogens (tertiary/aromatic N) is 1. The fourth-order valence-electron chi connectivity index (χ4n) is 2.75. The van der Waals surface area contributed by atoms with E-state index >= 15 is 0 Å². The van der Waals surface area contributed by atoms with E-state index in [0.29, 0.717) is 17.3 Å². The van der Waals surface area contributed by atoms with Crippen LogP contribution < -0.4 is 5.32 Å². The number of fused-ring (bicyclic) bond motifs is 1. The van der Waals surface area contributed by atoms with Gasteiger partial charge >= 0.3 is 5.97 Å². The van der Waals surface area contributed by atoms with E-state index in [1.807, 2.05) is 38.3 Å². The molecule has 0 radical (unpaired) electrons. The normalized spacial score (nSPS) is 16.4. The Kier molecular flexibility index (Phi) is 5.97. The molecule has 142 valence electrons. The third kappa shape index (κ3) is 4.57. The van der Waals surface area contributed by atoms with Crippen LogP contribution in [0.25, 0.3) is 0 Å². The monoisotopic (exact) mass is 404 g/mol. The van der Waals surface area contributed by atoms with Crippen LogP contribution in [0.3, 0.4) is 0 Å². The molecule has 0 aliphatic carbocycles. The Hall–Kier alpha value is -2.18. The number of hydrogen-bond acceptors (Lipinski definition) is 5. The number of nitrogens with one attached hydrogen (secondary N) is 1. The number of halogens is 1. The van der Waals surface area contributed by atoms with Crippen molar-refractivity contribution >= 4 is 45.5 Å². The third-order valence-electron chi connectivity index (χ3n) is 4.09. The summed E-state index contributed by atoms with van der Waals surface area (Å²) in [5.74, 6) is -0.492. The Morgan fingerprint density at radius 1 is 1.33 bits per heavy atom. The van der Waals surface area contributed by atoms with E-state index in [0.717, 1.165) is 21.7 Å². The first kappa shape index (κ1) is 19.6. The molecule has 0 spiro atoms. The molecule has 1 aromatic heterocycles. The van der Waals surface area contributed by atoms with Crippen molar-refractivity contribution in [3.63, 3.8) is 0 Å². The molecule has 0 saturated carbocycles. The zero-order valence-corrected chi connectivity index (χ0v) is 17.0. The quantitative estimate of drug-likeness (QED) is 0.748. The average molecular weight is 405 g/mol. The number of carbonyl (C=O) groups is 2. The van der Waals surface area contributed by atoms with Gasteiger partial charge in [-0.3, -0.25) is 14.6 Å². The van der Waals surface area contributed by atoms with E-state index < -0.39 is 12.0 Å². The van der Waals surface area contributed by atoms with E-state index in [4.69, 9.17) is 16.3 Å². The van der Waals surface area contributed by atoms with Crippen molar-refractivity contribution in [2.75, 3.05) is 11.9 Å². The lowest BCUT2D eigenvalue weighted by molar-refractivity contribution is -0.146. The summed E-state index contributed by atoms with van der Waals surface area (Å²) < 4.78 is 5.23. The van der Waals surface area contributed by atoms with Gasteiger partial charge in [-0.15, -0.1) is 11.3 Å². The van der Waals surface area contributed by atoms with Crippen LogP contribution in [0, 0.1) is 12.8 Å². The molecular weight excluding hydrogens is 384 g/mol. The number of aryl methyl sites for hydroxylation is 1. The lowest BCUT2D eigenvalue weighted by Gasteiger charge is -2.12. The molecule has 5 nitrogen and oxygen atoms in total. The molecule has 2 aromatic rings. The van der Waals surface area contributed by atoms with Crippen LogP contribution in [0.5, 0.6) is 0 Å². The number of carbonyl (C=O) groups excluding carboxylic acids is 2. The third-order valence-corrected chi connectivity index (χ3v) is 5.36. The Bertz CT molecular complexity index is 887. The molecule has 1 amide bonds. The second-order valence-corrected chi connectivity index (χ2v) is 8.21. The fourth-order valence-corrected chi connectivity index (χ4v) is 3.82. The number of ether oxygens (including phenoxy) is 1. The zero-order chi connectivity index (χ0) is 19.6. The lowest BCUT2D eigenvalue weighted by atomic mass is 10.0. The van der Waals surface area contributed by atoms with Crippen LogP contribution in [0.4, 0.5) is 5.00 Å². The number of thiophene rings is 1. The van der Waals surface area contributed by atoms with Gasteiger partial charge < -0.3 is 10.1 Å². The predicted octanol–water partition coefficient (Wildman–Crippen LogP) is 4.46. The molecule has 7 heteroatoms. The van der Waals surface area contributed by atoms with Crippen molar-refractivity contribution in [3.05, 3.63) is 51.4 Å². The highest BCUT2D eigenvalue weighted by atomic mass is 35.5. The predicted molar refractivity (Wildman–Crippen MR) is 109 cm³/mol. The Labute approximate surface area is 167 Å². The summed E-state index contributed by atoms with van der Waals surface area (Å²) in [5, 5.41) is 6.25. The summed E-state index contributed by atoms with van der Waals surface area (Å²) >= 11 is 7.46. The largest absolute Gasteiger partial charge is 0.465 e. The second kappa shape index (κ2) is 8.23. The molecule has 1 aromatic carbocycles. The van der Waals surface area contributed by atoms with Crippen LogP contribution in [-0.2, 0) is 14.3 Å². The number of amides is 1. The van der Waals surface area contributed by atoms with Crippen molar-refractivity contribution < 1.29 is 14.3 Å². The standard InChI is InChI=1S/C20H21ClN2O3S/c1-11(2)9-26-16(24)8-15-19(25)23-20-17(12(3)10-27-20)18(22-15)13-4-6-14(21)7-5-13/h4-7,10-11,15H,8-9H2,1-3H3,(H,23,25)/t15-/m0/s1. The van der Waals surface area contributed by atoms with Crippen molar-refractivity contribution in [1.82, 2.24) is 0 Å². The minimum atomic E-state index is -0.839. The molecule has 1 atom stereocenters. The SMILES string of the molecule is Cc1csc2c1C(c1ccc(Cl)cc1)=N[C@@H](CC(=O)OCC(C)C)C(=O)N2. The summed E-state index contributed by atoms with van der Waals surface area (Å²) in [7, 11) is 0. The Morgan fingerprint density at radius 3 is 2.70 bits per heavy atom. The maximum Gasteiger partial charge on any atom is 0.308 e. The van der Waals surface area contributed by atoms with Gasteiger partial charge in [0, 0.05) is 16.1 Å². The topological polar surface area (TPSA) is 67.8 Å². The molecule has 2 heterocycles. The van der Waals surface area contributed by atoms with Crippen LogP contribution >= 0.6 is 22.9 Å². The minimum Gasteiger partial charge on any atom is -0.465 e. The molecule has 1 aliphatic rings. The summed E-state index contributed by atoms with van der Waals surface area (Å²) in [6, 6.07) is 6.46. The maximum atomic E-state index is 12.7.